The van der Waals surface area contributed by atoms with Crippen LogP contribution in [0.25, 0.3) is 0 Å². The van der Waals surface area contributed by atoms with Crippen LogP contribution in [0.5, 0.6) is 0 Å². The van der Waals surface area contributed by atoms with Gasteiger partial charge < -0.3 is 15.7 Å². The average molecular weight is 240 g/mol. The minimum absolute atomic E-state index is 0.0287. The molecule has 3 N–H and O–H groups in total. The summed E-state index contributed by atoms with van der Waals surface area (Å²) in [5.41, 5.74) is 5.93. The molecule has 2 fully saturated rings. The minimum Gasteiger partial charge on any atom is -0.481 e. The Labute approximate surface area is 101 Å². The molecule has 2 saturated carbocycles. The molecule has 96 valence electrons. The summed E-state index contributed by atoms with van der Waals surface area (Å²) in [6.07, 6.45) is 4.68. The Bertz CT molecular complexity index is 311. The predicted molar refractivity (Wildman–Crippen MR) is 62.3 cm³/mol. The van der Waals surface area contributed by atoms with Crippen LogP contribution in [0.4, 0.5) is 0 Å². The molecule has 2 aliphatic rings. The molecule has 5 heteroatoms. The minimum atomic E-state index is -0.852. The molecule has 0 bridgehead atoms. The number of amides is 1. The quantitative estimate of drug-likeness (QED) is 0.681. The van der Waals surface area contributed by atoms with Crippen LogP contribution in [0, 0.1) is 5.92 Å². The van der Waals surface area contributed by atoms with Crippen LogP contribution in [0.1, 0.15) is 38.5 Å². The van der Waals surface area contributed by atoms with Gasteiger partial charge in [0.05, 0.1) is 6.42 Å². The van der Waals surface area contributed by atoms with Gasteiger partial charge in [-0.2, -0.15) is 0 Å². The Hall–Kier alpha value is -1.10. The van der Waals surface area contributed by atoms with Gasteiger partial charge >= 0.3 is 5.97 Å². The lowest BCUT2D eigenvalue weighted by molar-refractivity contribution is -0.138. The highest BCUT2D eigenvalue weighted by atomic mass is 16.4. The average Bonchev–Trinajstić information content (AvgIpc) is 3.11. The van der Waals surface area contributed by atoms with Gasteiger partial charge in [-0.3, -0.25) is 9.59 Å². The molecule has 5 nitrogen and oxygen atoms in total. The van der Waals surface area contributed by atoms with Crippen molar-refractivity contribution < 1.29 is 14.7 Å². The zero-order valence-electron chi connectivity index (χ0n) is 9.97. The van der Waals surface area contributed by atoms with Crippen LogP contribution in [0.2, 0.25) is 0 Å². The first-order chi connectivity index (χ1) is 8.08. The first-order valence-corrected chi connectivity index (χ1v) is 6.34. The molecular formula is C12H20N2O3. The summed E-state index contributed by atoms with van der Waals surface area (Å²) < 4.78 is 0. The highest BCUT2D eigenvalue weighted by Crippen LogP contribution is 2.34. The number of rotatable bonds is 7. The maximum Gasteiger partial charge on any atom is 0.305 e. The smallest absolute Gasteiger partial charge is 0.305 e. The molecule has 2 aliphatic carbocycles. The van der Waals surface area contributed by atoms with Gasteiger partial charge in [-0.15, -0.1) is 0 Å². The highest BCUT2D eigenvalue weighted by Gasteiger charge is 2.35. The third-order valence-electron chi connectivity index (χ3n) is 3.51. The Morgan fingerprint density at radius 2 is 1.94 bits per heavy atom. The Kier molecular flexibility index (Phi) is 3.66. The highest BCUT2D eigenvalue weighted by molar-refractivity contribution is 5.78. The number of hydrogen-bond donors (Lipinski definition) is 2. The van der Waals surface area contributed by atoms with Gasteiger partial charge in [-0.1, -0.05) is 0 Å². The molecule has 0 spiro atoms. The van der Waals surface area contributed by atoms with Crippen LogP contribution in [-0.4, -0.2) is 40.5 Å². The molecule has 1 amide bonds. The van der Waals surface area contributed by atoms with Crippen molar-refractivity contribution in [3.63, 3.8) is 0 Å². The fourth-order valence-corrected chi connectivity index (χ4v) is 2.12. The molecule has 0 aliphatic heterocycles. The number of carbonyl (C=O) groups excluding carboxylic acids is 1. The van der Waals surface area contributed by atoms with E-state index in [0.29, 0.717) is 18.9 Å². The first-order valence-electron chi connectivity index (χ1n) is 6.34. The topological polar surface area (TPSA) is 83.6 Å². The first kappa shape index (κ1) is 12.4. The molecule has 0 aromatic rings. The maximum absolute atomic E-state index is 12.0. The molecule has 0 aromatic carbocycles. The second-order valence-electron chi connectivity index (χ2n) is 5.17. The van der Waals surface area contributed by atoms with Crippen LogP contribution < -0.4 is 5.73 Å². The van der Waals surface area contributed by atoms with Crippen LogP contribution >= 0.6 is 0 Å². The SMILES string of the molecule is NC(CC(=O)N(CCC(=O)O)C1CC1)C1CC1. The third-order valence-corrected chi connectivity index (χ3v) is 3.51. The number of carboxylic acid groups (broad SMARTS) is 1. The van der Waals surface area contributed by atoms with Gasteiger partial charge in [0.25, 0.3) is 0 Å². The number of nitrogens with zero attached hydrogens (tertiary/aromatic N) is 1. The summed E-state index contributed by atoms with van der Waals surface area (Å²) in [7, 11) is 0. The van der Waals surface area contributed by atoms with Crippen molar-refractivity contribution in [2.45, 2.75) is 50.6 Å². The summed E-state index contributed by atoms with van der Waals surface area (Å²) in [5, 5.41) is 8.66. The molecule has 1 unspecified atom stereocenters. The van der Waals surface area contributed by atoms with Gasteiger partial charge in [0.1, 0.15) is 0 Å². The Morgan fingerprint density at radius 3 is 2.41 bits per heavy atom. The zero-order valence-corrected chi connectivity index (χ0v) is 9.97. The van der Waals surface area contributed by atoms with E-state index in [2.05, 4.69) is 0 Å². The molecule has 2 rings (SSSR count). The summed E-state index contributed by atoms with van der Waals surface area (Å²) >= 11 is 0. The van der Waals surface area contributed by atoms with Crippen LogP contribution in [0.3, 0.4) is 0 Å². The molecule has 0 heterocycles. The van der Waals surface area contributed by atoms with E-state index in [9.17, 15) is 9.59 Å². The van der Waals surface area contributed by atoms with Crippen molar-refractivity contribution in [3.05, 3.63) is 0 Å². The van der Waals surface area contributed by atoms with E-state index < -0.39 is 5.97 Å². The van der Waals surface area contributed by atoms with Crippen molar-refractivity contribution in [1.82, 2.24) is 4.90 Å². The van der Waals surface area contributed by atoms with Gasteiger partial charge in [-0.25, -0.2) is 0 Å². The van der Waals surface area contributed by atoms with E-state index >= 15 is 0 Å². The van der Waals surface area contributed by atoms with Gasteiger partial charge in [0.15, 0.2) is 0 Å². The number of hydrogen-bond acceptors (Lipinski definition) is 3. The van der Waals surface area contributed by atoms with Gasteiger partial charge in [0, 0.05) is 25.0 Å². The zero-order chi connectivity index (χ0) is 12.4. The molecule has 0 saturated heterocycles. The molecule has 17 heavy (non-hydrogen) atoms. The number of aliphatic carboxylic acids is 1. The van der Waals surface area contributed by atoms with E-state index in [4.69, 9.17) is 10.8 Å². The van der Waals surface area contributed by atoms with Crippen molar-refractivity contribution in [1.29, 1.82) is 0 Å². The van der Waals surface area contributed by atoms with E-state index in [1.54, 1.807) is 4.90 Å². The van der Waals surface area contributed by atoms with E-state index in [0.717, 1.165) is 25.7 Å². The Morgan fingerprint density at radius 1 is 1.29 bits per heavy atom. The fourth-order valence-electron chi connectivity index (χ4n) is 2.12. The molecular weight excluding hydrogens is 220 g/mol. The lowest BCUT2D eigenvalue weighted by atomic mass is 10.1. The van der Waals surface area contributed by atoms with Crippen molar-refractivity contribution in [2.24, 2.45) is 11.7 Å². The largest absolute Gasteiger partial charge is 0.481 e. The van der Waals surface area contributed by atoms with Crippen molar-refractivity contribution >= 4 is 11.9 Å². The summed E-state index contributed by atoms with van der Waals surface area (Å²) in [5.74, 6) is -0.303. The number of carboxylic acids is 1. The second-order valence-corrected chi connectivity index (χ2v) is 5.17. The van der Waals surface area contributed by atoms with Gasteiger partial charge in [0.2, 0.25) is 5.91 Å². The van der Waals surface area contributed by atoms with E-state index in [1.165, 1.54) is 0 Å². The maximum atomic E-state index is 12.0. The molecule has 1 atom stereocenters. The number of carbonyl (C=O) groups is 2. The van der Waals surface area contributed by atoms with Crippen LogP contribution in [-0.2, 0) is 9.59 Å². The van der Waals surface area contributed by atoms with Crippen molar-refractivity contribution in [2.75, 3.05) is 6.54 Å². The fraction of sp³-hybridized carbons (Fsp3) is 0.833. The lowest BCUT2D eigenvalue weighted by Gasteiger charge is -2.23. The van der Waals surface area contributed by atoms with E-state index in [-0.39, 0.29) is 24.4 Å². The van der Waals surface area contributed by atoms with E-state index in [1.807, 2.05) is 0 Å². The third kappa shape index (κ3) is 3.70. The van der Waals surface area contributed by atoms with Crippen molar-refractivity contribution in [3.8, 4) is 0 Å². The predicted octanol–water partition coefficient (Wildman–Crippen LogP) is 0.579. The lowest BCUT2D eigenvalue weighted by Crippen LogP contribution is -2.39. The Balaban J connectivity index is 1.81. The normalized spacial score (nSPS) is 21.0. The molecule has 0 radical (unpaired) electrons. The number of nitrogens with two attached hydrogens (primary N) is 1. The summed E-state index contributed by atoms with van der Waals surface area (Å²) in [6, 6.07) is 0.238. The monoisotopic (exact) mass is 240 g/mol. The summed E-state index contributed by atoms with van der Waals surface area (Å²) in [6.45, 7) is 0.330. The standard InChI is InChI=1S/C12H20N2O3/c13-10(8-1-2-8)7-11(15)14(9-3-4-9)6-5-12(16)17/h8-10H,1-7,13H2,(H,16,17). The van der Waals surface area contributed by atoms with Crippen LogP contribution in [0.15, 0.2) is 0 Å². The molecule has 0 aromatic heterocycles. The summed E-state index contributed by atoms with van der Waals surface area (Å²) in [4.78, 5) is 24.3. The second kappa shape index (κ2) is 5.04. The van der Waals surface area contributed by atoms with Gasteiger partial charge in [-0.05, 0) is 31.6 Å².